The summed E-state index contributed by atoms with van der Waals surface area (Å²) < 4.78 is 38.2. The minimum Gasteiger partial charge on any atom is -0.494 e. The molecule has 0 saturated carbocycles. The van der Waals surface area contributed by atoms with E-state index in [9.17, 15) is 22.8 Å². The summed E-state index contributed by atoms with van der Waals surface area (Å²) in [4.78, 5) is 43.2. The van der Waals surface area contributed by atoms with E-state index in [4.69, 9.17) is 9.47 Å². The molecule has 0 spiro atoms. The highest BCUT2D eigenvalue weighted by Gasteiger charge is 2.29. The zero-order chi connectivity index (χ0) is 26.6. The number of anilines is 1. The van der Waals surface area contributed by atoms with Crippen LogP contribution in [0.15, 0.2) is 47.5 Å². The van der Waals surface area contributed by atoms with Gasteiger partial charge in [0.15, 0.2) is 14.6 Å². The molecule has 0 unspecified atom stereocenters. The second-order valence-corrected chi connectivity index (χ2v) is 11.4. The lowest BCUT2D eigenvalue weighted by Crippen LogP contribution is -2.36. The van der Waals surface area contributed by atoms with Gasteiger partial charge in [-0.05, 0) is 50.1 Å². The summed E-state index contributed by atoms with van der Waals surface area (Å²) in [7, 11) is -4.08. The molecule has 4 rings (SSSR count). The van der Waals surface area contributed by atoms with Gasteiger partial charge in [-0.15, -0.1) is 0 Å². The number of rotatable bonds is 9. The van der Waals surface area contributed by atoms with E-state index in [1.165, 1.54) is 9.47 Å². The van der Waals surface area contributed by atoms with Crippen molar-refractivity contribution in [3.05, 3.63) is 52.8 Å². The number of carbonyl (C=O) groups excluding carboxylic acids is 3. The minimum atomic E-state index is -4.08. The van der Waals surface area contributed by atoms with Gasteiger partial charge < -0.3 is 18.9 Å². The Bertz CT molecular complexity index is 1520. The van der Waals surface area contributed by atoms with Gasteiger partial charge in [0, 0.05) is 12.2 Å². The number of carbonyl (C=O) groups is 3. The molecule has 10 nitrogen and oxygen atoms in total. The summed E-state index contributed by atoms with van der Waals surface area (Å²) in [6, 6.07) is 12.6. The number of fused-ring (bicyclic) bond motifs is 2. The first-order chi connectivity index (χ1) is 17.7. The van der Waals surface area contributed by atoms with Crippen molar-refractivity contribution in [2.75, 3.05) is 36.2 Å². The van der Waals surface area contributed by atoms with E-state index in [1.54, 1.807) is 37.3 Å². The van der Waals surface area contributed by atoms with Crippen molar-refractivity contribution in [3.63, 3.8) is 0 Å². The molecule has 2 aromatic carbocycles. The van der Waals surface area contributed by atoms with Gasteiger partial charge in [0.25, 0.3) is 5.91 Å². The maximum Gasteiger partial charge on any atom is 0.326 e. The second-order valence-electron chi connectivity index (χ2n) is 8.30. The van der Waals surface area contributed by atoms with E-state index in [-0.39, 0.29) is 18.0 Å². The van der Waals surface area contributed by atoms with Crippen molar-refractivity contribution in [2.24, 2.45) is 4.99 Å². The maximum atomic E-state index is 12.7. The summed E-state index contributed by atoms with van der Waals surface area (Å²) in [5.41, 5.74) is 2.29. The van der Waals surface area contributed by atoms with Gasteiger partial charge in [0.2, 0.25) is 5.91 Å². The number of hydrogen-bond acceptors (Lipinski definition) is 8. The molecule has 0 fully saturated rings. The number of benzene rings is 2. The van der Waals surface area contributed by atoms with Crippen molar-refractivity contribution in [2.45, 2.75) is 26.8 Å². The minimum absolute atomic E-state index is 0.150. The van der Waals surface area contributed by atoms with Gasteiger partial charge in [0.05, 0.1) is 23.4 Å². The zero-order valence-electron chi connectivity index (χ0n) is 20.5. The summed E-state index contributed by atoms with van der Waals surface area (Å²) >= 11 is 1.12. The van der Waals surface area contributed by atoms with Crippen LogP contribution in [-0.4, -0.2) is 62.0 Å². The first kappa shape index (κ1) is 26.6. The molecule has 0 N–H and O–H groups in total. The fraction of sp³-hybridized carbons (Fsp3) is 0.360. The van der Waals surface area contributed by atoms with Crippen molar-refractivity contribution in [3.8, 4) is 5.75 Å². The van der Waals surface area contributed by atoms with Crippen LogP contribution in [-0.2, 0) is 41.9 Å². The number of para-hydroxylation sites is 1. The number of hydrogen-bond donors (Lipinski definition) is 0. The van der Waals surface area contributed by atoms with E-state index in [2.05, 4.69) is 4.99 Å². The largest absolute Gasteiger partial charge is 0.494 e. The molecular weight excluding hydrogens is 518 g/mol. The van der Waals surface area contributed by atoms with Crippen LogP contribution < -0.4 is 14.4 Å². The molecule has 1 aliphatic heterocycles. The average molecular weight is 546 g/mol. The third-order valence-electron chi connectivity index (χ3n) is 5.65. The number of amides is 2. The Kier molecular flexibility index (Phi) is 8.08. The van der Waals surface area contributed by atoms with Gasteiger partial charge in [-0.2, -0.15) is 4.99 Å². The smallest absolute Gasteiger partial charge is 0.326 e. The Balaban J connectivity index is 1.56. The molecule has 0 aliphatic carbocycles. The van der Waals surface area contributed by atoms with Crippen molar-refractivity contribution >= 4 is 54.9 Å². The van der Waals surface area contributed by atoms with Crippen LogP contribution in [0.3, 0.4) is 0 Å². The van der Waals surface area contributed by atoms with Gasteiger partial charge in [-0.1, -0.05) is 29.5 Å². The molecule has 2 amide bonds. The van der Waals surface area contributed by atoms with Crippen molar-refractivity contribution in [1.82, 2.24) is 4.57 Å². The third-order valence-corrected chi connectivity index (χ3v) is 8.07. The molecule has 0 bridgehead atoms. The van der Waals surface area contributed by atoms with E-state index < -0.39 is 39.1 Å². The van der Waals surface area contributed by atoms with Gasteiger partial charge in [-0.25, -0.2) is 8.42 Å². The molecule has 196 valence electrons. The van der Waals surface area contributed by atoms with Gasteiger partial charge in [-0.3, -0.25) is 14.4 Å². The van der Waals surface area contributed by atoms with E-state index in [0.717, 1.165) is 16.9 Å². The Hall–Kier alpha value is -3.51. The first-order valence-electron chi connectivity index (χ1n) is 11.8. The molecule has 3 aromatic rings. The third kappa shape index (κ3) is 6.25. The van der Waals surface area contributed by atoms with Crippen LogP contribution in [0, 0.1) is 0 Å². The van der Waals surface area contributed by atoms with E-state index >= 15 is 0 Å². The van der Waals surface area contributed by atoms with Crippen LogP contribution in [0.1, 0.15) is 19.4 Å². The summed E-state index contributed by atoms with van der Waals surface area (Å²) in [5, 5.41) is 0. The molecule has 1 aromatic heterocycles. The molecule has 0 radical (unpaired) electrons. The van der Waals surface area contributed by atoms with Crippen LogP contribution >= 0.6 is 11.3 Å². The quantitative estimate of drug-likeness (QED) is 0.377. The molecule has 1 aliphatic rings. The lowest BCUT2D eigenvalue weighted by atomic mass is 10.2. The normalized spacial score (nSPS) is 13.6. The molecule has 0 atom stereocenters. The first-order valence-corrected chi connectivity index (χ1v) is 14.4. The zero-order valence-corrected chi connectivity index (χ0v) is 22.1. The number of nitrogens with zero attached hydrogens (tertiary/aromatic N) is 3. The van der Waals surface area contributed by atoms with Gasteiger partial charge >= 0.3 is 5.97 Å². The fourth-order valence-corrected chi connectivity index (χ4v) is 6.28. The molecule has 12 heteroatoms. The Labute approximate surface area is 218 Å². The molecule has 37 heavy (non-hydrogen) atoms. The Morgan fingerprint density at radius 2 is 1.84 bits per heavy atom. The van der Waals surface area contributed by atoms with Crippen LogP contribution in [0.2, 0.25) is 0 Å². The number of thiazole rings is 1. The average Bonchev–Trinajstić information content (AvgIpc) is 3.40. The van der Waals surface area contributed by atoms with Crippen molar-refractivity contribution < 1.29 is 32.3 Å². The maximum absolute atomic E-state index is 12.7. The molecule has 0 saturated heterocycles. The summed E-state index contributed by atoms with van der Waals surface area (Å²) in [6.07, 6.45) is 0.646. The van der Waals surface area contributed by atoms with Crippen molar-refractivity contribution in [1.29, 1.82) is 0 Å². The predicted octanol–water partition coefficient (Wildman–Crippen LogP) is 2.10. The Morgan fingerprint density at radius 3 is 2.59 bits per heavy atom. The highest BCUT2D eigenvalue weighted by atomic mass is 32.2. The molecular formula is C25H27N3O7S2. The van der Waals surface area contributed by atoms with E-state index in [1.807, 2.05) is 19.1 Å². The predicted molar refractivity (Wildman–Crippen MR) is 139 cm³/mol. The Morgan fingerprint density at radius 1 is 1.05 bits per heavy atom. The highest BCUT2D eigenvalue weighted by molar-refractivity contribution is 7.92. The number of sulfone groups is 1. The van der Waals surface area contributed by atoms with Crippen LogP contribution in [0.5, 0.6) is 5.75 Å². The van der Waals surface area contributed by atoms with Crippen LogP contribution in [0.4, 0.5) is 5.69 Å². The standard InChI is InChI=1S/C25H27N3O7S2/c1-3-34-18-9-10-20-21(13-18)36-25(28(20)14-24(31)35-4-2)26-22(29)15-37(32,33)16-23(30)27-12-11-17-7-5-6-8-19(17)27/h5-10,13H,3-4,11-12,14-16H2,1-2H3. The lowest BCUT2D eigenvalue weighted by molar-refractivity contribution is -0.143. The second kappa shape index (κ2) is 11.3. The molecule has 2 heterocycles. The summed E-state index contributed by atoms with van der Waals surface area (Å²) in [6.45, 7) is 4.39. The number of esters is 1. The monoisotopic (exact) mass is 545 g/mol. The van der Waals surface area contributed by atoms with Gasteiger partial charge in [0.1, 0.15) is 23.8 Å². The lowest BCUT2D eigenvalue weighted by Gasteiger charge is -2.17. The van der Waals surface area contributed by atoms with Crippen LogP contribution in [0.25, 0.3) is 10.2 Å². The fourth-order valence-electron chi connectivity index (χ4n) is 4.13. The van der Waals surface area contributed by atoms with E-state index in [0.29, 0.717) is 41.2 Å². The topological polar surface area (TPSA) is 124 Å². The SMILES string of the molecule is CCOC(=O)Cn1c(=NC(=O)CS(=O)(=O)CC(=O)N2CCc3ccccc32)sc2cc(OCC)ccc21. The number of ether oxygens (including phenoxy) is 2. The number of aromatic nitrogens is 1. The highest BCUT2D eigenvalue weighted by Crippen LogP contribution is 2.27. The summed E-state index contributed by atoms with van der Waals surface area (Å²) in [5.74, 6) is -3.14.